The number of ether oxygens (including phenoxy) is 3. The summed E-state index contributed by atoms with van der Waals surface area (Å²) in [6.07, 6.45) is 0.427. The molecule has 148 valence electrons. The van der Waals surface area contributed by atoms with Gasteiger partial charge in [0.2, 0.25) is 0 Å². The van der Waals surface area contributed by atoms with Crippen molar-refractivity contribution >= 4 is 35.2 Å². The number of esters is 1. The quantitative estimate of drug-likeness (QED) is 0.656. The van der Waals surface area contributed by atoms with Gasteiger partial charge in [0.15, 0.2) is 5.75 Å². The van der Waals surface area contributed by atoms with Crippen LogP contribution in [-0.2, 0) is 9.53 Å². The van der Waals surface area contributed by atoms with Crippen LogP contribution in [0.5, 0.6) is 11.5 Å². The van der Waals surface area contributed by atoms with Crippen LogP contribution in [0.15, 0.2) is 17.3 Å². The predicted molar refractivity (Wildman–Crippen MR) is 103 cm³/mol. The molecule has 0 spiro atoms. The summed E-state index contributed by atoms with van der Waals surface area (Å²) in [6.45, 7) is 6.10. The molecule has 7 nitrogen and oxygen atoms in total. The monoisotopic (exact) mass is 416 g/mol. The first-order valence-corrected chi connectivity index (χ1v) is 9.31. The Morgan fingerprint density at radius 2 is 1.78 bits per heavy atom. The van der Waals surface area contributed by atoms with Crippen LogP contribution < -0.4 is 20.1 Å². The summed E-state index contributed by atoms with van der Waals surface area (Å²) in [5, 5.41) is 5.78. The zero-order valence-electron chi connectivity index (χ0n) is 15.6. The Morgan fingerprint density at radius 1 is 1.15 bits per heavy atom. The third kappa shape index (κ3) is 4.25. The van der Waals surface area contributed by atoms with E-state index in [-0.39, 0.29) is 27.1 Å². The zero-order valence-corrected chi connectivity index (χ0v) is 17.1. The number of nitrogens with one attached hydrogen (secondary N) is 2. The van der Waals surface area contributed by atoms with Crippen LogP contribution in [0.2, 0.25) is 10.0 Å². The lowest BCUT2D eigenvalue weighted by Gasteiger charge is -2.30. The molecule has 9 heteroatoms. The number of urea groups is 1. The van der Waals surface area contributed by atoms with Crippen LogP contribution >= 0.6 is 23.2 Å². The number of carbonyl (C=O) groups excluding carboxylic acids is 2. The molecule has 0 saturated carbocycles. The van der Waals surface area contributed by atoms with Crippen molar-refractivity contribution in [2.75, 3.05) is 20.3 Å². The van der Waals surface area contributed by atoms with Gasteiger partial charge in [-0.1, -0.05) is 30.1 Å². The molecule has 1 aliphatic rings. The first-order valence-electron chi connectivity index (χ1n) is 8.55. The standard InChI is InChI=1S/C18H22Cl2N2O5/c1-5-11-12(17(23)25-4)14(22-18(24)21-11)9-8-10(19)16(27-7-3)13(20)15(9)26-6-2/h8,14H,5-7H2,1-4H3,(H2,21,22,24). The molecule has 0 saturated heterocycles. The van der Waals surface area contributed by atoms with Gasteiger partial charge in [-0.15, -0.1) is 0 Å². The minimum Gasteiger partial charge on any atom is -0.492 e. The molecule has 1 heterocycles. The Balaban J connectivity index is 2.73. The number of amides is 2. The van der Waals surface area contributed by atoms with Crippen LogP contribution in [0, 0.1) is 0 Å². The highest BCUT2D eigenvalue weighted by Crippen LogP contribution is 2.46. The number of carbonyl (C=O) groups is 2. The van der Waals surface area contributed by atoms with E-state index in [0.29, 0.717) is 30.9 Å². The largest absolute Gasteiger partial charge is 0.492 e. The van der Waals surface area contributed by atoms with Crippen LogP contribution in [0.1, 0.15) is 38.8 Å². The summed E-state index contributed by atoms with van der Waals surface area (Å²) in [4.78, 5) is 24.6. The molecule has 2 rings (SSSR count). The van der Waals surface area contributed by atoms with Gasteiger partial charge in [-0.3, -0.25) is 0 Å². The number of halogens is 2. The van der Waals surface area contributed by atoms with Crippen molar-refractivity contribution < 1.29 is 23.8 Å². The fourth-order valence-corrected chi connectivity index (χ4v) is 3.50. The number of benzene rings is 1. The molecule has 1 atom stereocenters. The van der Waals surface area contributed by atoms with E-state index >= 15 is 0 Å². The Bertz CT molecular complexity index is 780. The molecular formula is C18H22Cl2N2O5. The van der Waals surface area contributed by atoms with Gasteiger partial charge >= 0.3 is 12.0 Å². The number of rotatable bonds is 7. The van der Waals surface area contributed by atoms with Crippen LogP contribution in [0.25, 0.3) is 0 Å². The van der Waals surface area contributed by atoms with Crippen LogP contribution in [0.4, 0.5) is 4.79 Å². The second-order valence-corrected chi connectivity index (χ2v) is 6.34. The molecule has 1 aromatic rings. The second kappa shape index (κ2) is 9.19. The van der Waals surface area contributed by atoms with E-state index in [1.54, 1.807) is 19.9 Å². The van der Waals surface area contributed by atoms with E-state index in [4.69, 9.17) is 37.4 Å². The van der Waals surface area contributed by atoms with Crippen LogP contribution in [0.3, 0.4) is 0 Å². The maximum absolute atomic E-state index is 12.4. The van der Waals surface area contributed by atoms with E-state index in [1.807, 2.05) is 6.92 Å². The highest BCUT2D eigenvalue weighted by atomic mass is 35.5. The normalized spacial score (nSPS) is 16.5. The van der Waals surface area contributed by atoms with Crippen molar-refractivity contribution in [3.63, 3.8) is 0 Å². The summed E-state index contributed by atoms with van der Waals surface area (Å²) in [6, 6.07) is 0.289. The van der Waals surface area contributed by atoms with Crippen molar-refractivity contribution in [3.05, 3.63) is 32.9 Å². The smallest absolute Gasteiger partial charge is 0.337 e. The Labute approximate surface area is 167 Å². The molecule has 0 aliphatic carbocycles. The number of hydrogen-bond donors (Lipinski definition) is 2. The van der Waals surface area contributed by atoms with Crippen molar-refractivity contribution in [1.29, 1.82) is 0 Å². The fraction of sp³-hybridized carbons (Fsp3) is 0.444. The molecule has 0 fully saturated rings. The van der Waals surface area contributed by atoms with Gasteiger partial charge in [-0.25, -0.2) is 9.59 Å². The van der Waals surface area contributed by atoms with Gasteiger partial charge in [0.1, 0.15) is 10.8 Å². The van der Waals surface area contributed by atoms with Crippen molar-refractivity contribution in [1.82, 2.24) is 10.6 Å². The number of methoxy groups -OCH3 is 1. The van der Waals surface area contributed by atoms with E-state index in [0.717, 1.165) is 0 Å². The molecule has 0 aromatic heterocycles. The molecule has 2 N–H and O–H groups in total. The first kappa shape index (κ1) is 21.2. The van der Waals surface area contributed by atoms with E-state index in [1.165, 1.54) is 7.11 Å². The second-order valence-electron chi connectivity index (χ2n) is 5.55. The Morgan fingerprint density at radius 3 is 2.33 bits per heavy atom. The van der Waals surface area contributed by atoms with E-state index < -0.39 is 18.0 Å². The number of allylic oxidation sites excluding steroid dienone is 1. The van der Waals surface area contributed by atoms with E-state index in [2.05, 4.69) is 10.6 Å². The maximum atomic E-state index is 12.4. The van der Waals surface area contributed by atoms with Gasteiger partial charge < -0.3 is 24.8 Å². The van der Waals surface area contributed by atoms with Gasteiger partial charge in [-0.05, 0) is 26.3 Å². The summed E-state index contributed by atoms with van der Waals surface area (Å²) < 4.78 is 16.1. The molecule has 0 bridgehead atoms. The SMILES string of the molecule is CCOc1c(Cl)cc(C2NC(=O)NC(CC)=C2C(=O)OC)c(OCC)c1Cl. The summed E-state index contributed by atoms with van der Waals surface area (Å²) in [7, 11) is 1.28. The molecule has 1 aromatic carbocycles. The summed E-state index contributed by atoms with van der Waals surface area (Å²) in [5.74, 6) is -0.00314. The average Bonchev–Trinajstić information content (AvgIpc) is 2.65. The molecule has 1 aliphatic heterocycles. The van der Waals surface area contributed by atoms with Crippen molar-refractivity contribution in [2.24, 2.45) is 0 Å². The van der Waals surface area contributed by atoms with Gasteiger partial charge in [0, 0.05) is 11.3 Å². The lowest BCUT2D eigenvalue weighted by Crippen LogP contribution is -2.45. The first-order chi connectivity index (χ1) is 12.9. The van der Waals surface area contributed by atoms with Gasteiger partial charge in [-0.2, -0.15) is 0 Å². The Kier molecular flexibility index (Phi) is 7.21. The lowest BCUT2D eigenvalue weighted by molar-refractivity contribution is -0.136. The molecule has 1 unspecified atom stereocenters. The average molecular weight is 417 g/mol. The molecule has 27 heavy (non-hydrogen) atoms. The van der Waals surface area contributed by atoms with Gasteiger partial charge in [0.25, 0.3) is 0 Å². The molecule has 2 amide bonds. The molecular weight excluding hydrogens is 395 g/mol. The third-order valence-corrected chi connectivity index (χ3v) is 4.58. The lowest BCUT2D eigenvalue weighted by atomic mass is 9.93. The topological polar surface area (TPSA) is 85.9 Å². The minimum absolute atomic E-state index is 0.177. The highest BCUT2D eigenvalue weighted by molar-refractivity contribution is 6.38. The van der Waals surface area contributed by atoms with Crippen LogP contribution in [-0.4, -0.2) is 32.3 Å². The minimum atomic E-state index is -0.839. The fourth-order valence-electron chi connectivity index (χ4n) is 2.87. The predicted octanol–water partition coefficient (Wildman–Crippen LogP) is 3.98. The van der Waals surface area contributed by atoms with Gasteiger partial charge in [0.05, 0.1) is 37.0 Å². The maximum Gasteiger partial charge on any atom is 0.337 e. The Hall–Kier alpha value is -2.12. The van der Waals surface area contributed by atoms with Crippen molar-refractivity contribution in [3.8, 4) is 11.5 Å². The zero-order chi connectivity index (χ0) is 20.1. The highest BCUT2D eigenvalue weighted by Gasteiger charge is 2.36. The summed E-state index contributed by atoms with van der Waals surface area (Å²) >= 11 is 12.8. The van der Waals surface area contributed by atoms with E-state index in [9.17, 15) is 9.59 Å². The summed E-state index contributed by atoms with van der Waals surface area (Å²) in [5.41, 5.74) is 1.16. The molecule has 0 radical (unpaired) electrons. The third-order valence-electron chi connectivity index (χ3n) is 3.96. The van der Waals surface area contributed by atoms with Crippen molar-refractivity contribution in [2.45, 2.75) is 33.2 Å². The number of hydrogen-bond acceptors (Lipinski definition) is 5.